The molecule has 12 heavy (non-hydrogen) atoms. The van der Waals surface area contributed by atoms with E-state index in [9.17, 15) is 4.79 Å². The first kappa shape index (κ1) is 9.48. The molecule has 1 amide bonds. The maximum Gasteiger partial charge on any atom is 0.223 e. The van der Waals surface area contributed by atoms with E-state index in [2.05, 4.69) is 5.32 Å². The van der Waals surface area contributed by atoms with Crippen LogP contribution >= 0.6 is 0 Å². The van der Waals surface area contributed by atoms with Crippen molar-refractivity contribution in [2.24, 2.45) is 11.7 Å². The number of nitrogens with two attached hydrogens (primary N) is 1. The van der Waals surface area contributed by atoms with Gasteiger partial charge in [0.25, 0.3) is 0 Å². The first-order valence-electron chi connectivity index (χ1n) is 4.32. The van der Waals surface area contributed by atoms with Gasteiger partial charge in [0.05, 0.1) is 6.10 Å². The van der Waals surface area contributed by atoms with Gasteiger partial charge in [-0.3, -0.25) is 4.79 Å². The number of carbonyl (C=O) groups excluding carboxylic acids is 1. The van der Waals surface area contributed by atoms with Gasteiger partial charge in [-0.05, 0) is 19.8 Å². The fraction of sp³-hybridized carbons (Fsp3) is 0.875. The van der Waals surface area contributed by atoms with Crippen LogP contribution in [0.25, 0.3) is 0 Å². The van der Waals surface area contributed by atoms with Crippen molar-refractivity contribution in [1.82, 2.24) is 5.32 Å². The Morgan fingerprint density at radius 1 is 1.83 bits per heavy atom. The summed E-state index contributed by atoms with van der Waals surface area (Å²) in [6.45, 7) is 2.40. The zero-order valence-corrected chi connectivity index (χ0v) is 7.29. The zero-order chi connectivity index (χ0) is 9.14. The van der Waals surface area contributed by atoms with Crippen LogP contribution in [0.3, 0.4) is 0 Å². The van der Waals surface area contributed by atoms with E-state index in [4.69, 9.17) is 10.8 Å². The number of carbonyl (C=O) groups is 1. The molecule has 0 aromatic rings. The number of hydrogen-bond donors (Lipinski definition) is 3. The summed E-state index contributed by atoms with van der Waals surface area (Å²) in [6, 6.07) is -0.279. The van der Waals surface area contributed by atoms with Crippen LogP contribution in [0, 0.1) is 5.92 Å². The van der Waals surface area contributed by atoms with Gasteiger partial charge in [-0.25, -0.2) is 0 Å². The summed E-state index contributed by atoms with van der Waals surface area (Å²) in [5.74, 6) is 0.0840. The number of amides is 1. The van der Waals surface area contributed by atoms with E-state index >= 15 is 0 Å². The summed E-state index contributed by atoms with van der Waals surface area (Å²) in [6.07, 6.45) is 0.904. The maximum atomic E-state index is 11.1. The van der Waals surface area contributed by atoms with Gasteiger partial charge in [0.1, 0.15) is 0 Å². The summed E-state index contributed by atoms with van der Waals surface area (Å²) < 4.78 is 0. The largest absolute Gasteiger partial charge is 0.392 e. The van der Waals surface area contributed by atoms with Gasteiger partial charge in [0.2, 0.25) is 5.91 Å². The Hall–Kier alpha value is -0.610. The molecule has 3 atom stereocenters. The van der Waals surface area contributed by atoms with Gasteiger partial charge in [-0.1, -0.05) is 0 Å². The van der Waals surface area contributed by atoms with Crippen LogP contribution in [0.2, 0.25) is 0 Å². The molecule has 4 nitrogen and oxygen atoms in total. The molecule has 70 valence electrons. The van der Waals surface area contributed by atoms with Gasteiger partial charge < -0.3 is 16.2 Å². The van der Waals surface area contributed by atoms with E-state index in [-0.39, 0.29) is 17.9 Å². The minimum Gasteiger partial charge on any atom is -0.392 e. The highest BCUT2D eigenvalue weighted by Gasteiger charge is 2.27. The Bertz CT molecular complexity index is 170. The van der Waals surface area contributed by atoms with Crippen molar-refractivity contribution in [2.75, 3.05) is 6.54 Å². The quantitative estimate of drug-likeness (QED) is 0.523. The lowest BCUT2D eigenvalue weighted by molar-refractivity contribution is -0.122. The number of aliphatic hydroxyl groups excluding tert-OH is 1. The van der Waals surface area contributed by atoms with Gasteiger partial charge in [0.15, 0.2) is 0 Å². The lowest BCUT2D eigenvalue weighted by Crippen LogP contribution is -2.36. The monoisotopic (exact) mass is 172 g/mol. The fourth-order valence-corrected chi connectivity index (χ4v) is 1.40. The van der Waals surface area contributed by atoms with Gasteiger partial charge in [-0.15, -0.1) is 0 Å². The number of hydrogen-bond acceptors (Lipinski definition) is 3. The Morgan fingerprint density at radius 3 is 2.92 bits per heavy atom. The zero-order valence-electron chi connectivity index (χ0n) is 7.29. The maximum absolute atomic E-state index is 11.1. The van der Waals surface area contributed by atoms with Crippen LogP contribution in [0.1, 0.15) is 19.8 Å². The van der Waals surface area contributed by atoms with Crippen molar-refractivity contribution in [3.05, 3.63) is 0 Å². The molecule has 0 spiro atoms. The van der Waals surface area contributed by atoms with Crippen molar-refractivity contribution in [1.29, 1.82) is 0 Å². The van der Waals surface area contributed by atoms with Gasteiger partial charge in [-0.2, -0.15) is 0 Å². The third-order valence-corrected chi connectivity index (χ3v) is 2.34. The summed E-state index contributed by atoms with van der Waals surface area (Å²) in [4.78, 5) is 11.1. The van der Waals surface area contributed by atoms with Crippen LogP contribution < -0.4 is 11.1 Å². The Kier molecular flexibility index (Phi) is 3.05. The van der Waals surface area contributed by atoms with Crippen molar-refractivity contribution in [3.8, 4) is 0 Å². The first-order chi connectivity index (χ1) is 5.61. The molecule has 0 aromatic carbocycles. The normalized spacial score (nSPS) is 28.2. The van der Waals surface area contributed by atoms with Gasteiger partial charge >= 0.3 is 0 Å². The van der Waals surface area contributed by atoms with E-state index in [1.807, 2.05) is 0 Å². The highest BCUT2D eigenvalue weighted by atomic mass is 16.3. The molecule has 1 unspecified atom stereocenters. The van der Waals surface area contributed by atoms with Crippen LogP contribution in [0.15, 0.2) is 0 Å². The third-order valence-electron chi connectivity index (χ3n) is 2.34. The van der Waals surface area contributed by atoms with Crippen molar-refractivity contribution in [3.63, 3.8) is 0 Å². The minimum absolute atomic E-state index is 0.00889. The highest BCUT2D eigenvalue weighted by molar-refractivity contribution is 5.80. The summed E-state index contributed by atoms with van der Waals surface area (Å²) in [7, 11) is 0. The third kappa shape index (κ3) is 2.19. The van der Waals surface area contributed by atoms with E-state index in [1.54, 1.807) is 6.92 Å². The molecule has 1 heterocycles. The second-order valence-corrected chi connectivity index (χ2v) is 3.42. The van der Waals surface area contributed by atoms with Crippen LogP contribution in [-0.4, -0.2) is 29.7 Å². The molecule has 1 aliphatic rings. The molecular weight excluding hydrogens is 156 g/mol. The smallest absolute Gasteiger partial charge is 0.223 e. The molecule has 0 bridgehead atoms. The molecule has 4 N–H and O–H groups in total. The van der Waals surface area contributed by atoms with Crippen molar-refractivity contribution in [2.45, 2.75) is 31.9 Å². The van der Waals surface area contributed by atoms with E-state index in [0.29, 0.717) is 6.42 Å². The van der Waals surface area contributed by atoms with Crippen LogP contribution in [0.4, 0.5) is 0 Å². The van der Waals surface area contributed by atoms with E-state index < -0.39 is 6.10 Å². The Labute approximate surface area is 72.1 Å². The molecule has 1 rings (SSSR count). The highest BCUT2D eigenvalue weighted by Crippen LogP contribution is 2.16. The topological polar surface area (TPSA) is 75.3 Å². The summed E-state index contributed by atoms with van der Waals surface area (Å²) in [5.41, 5.74) is 5.63. The molecule has 0 saturated carbocycles. The second-order valence-electron chi connectivity index (χ2n) is 3.42. The molecular formula is C8H16N2O2. The fourth-order valence-electron chi connectivity index (χ4n) is 1.40. The Morgan fingerprint density at radius 2 is 2.50 bits per heavy atom. The average molecular weight is 172 g/mol. The lowest BCUT2D eigenvalue weighted by atomic mass is 9.96. The molecule has 0 radical (unpaired) electrons. The predicted molar refractivity (Wildman–Crippen MR) is 45.4 cm³/mol. The SMILES string of the molecule is CC(O)[C@@H](N)C[C@@H]1CCNC1=O. The Balaban J connectivity index is 2.35. The summed E-state index contributed by atoms with van der Waals surface area (Å²) in [5, 5.41) is 11.8. The predicted octanol–water partition coefficient (Wildman–Crippen LogP) is -0.779. The van der Waals surface area contributed by atoms with Crippen LogP contribution in [-0.2, 0) is 4.79 Å². The van der Waals surface area contributed by atoms with Crippen molar-refractivity contribution >= 4 is 5.91 Å². The van der Waals surface area contributed by atoms with E-state index in [0.717, 1.165) is 13.0 Å². The van der Waals surface area contributed by atoms with Gasteiger partial charge in [0, 0.05) is 18.5 Å². The summed E-state index contributed by atoms with van der Waals surface area (Å²) >= 11 is 0. The molecule has 4 heteroatoms. The minimum atomic E-state index is -0.529. The molecule has 0 aromatic heterocycles. The number of aliphatic hydroxyl groups is 1. The number of rotatable bonds is 3. The molecule has 1 aliphatic heterocycles. The number of nitrogens with one attached hydrogen (secondary N) is 1. The standard InChI is InChI=1S/C8H16N2O2/c1-5(11)7(9)4-6-2-3-10-8(6)12/h5-7,11H,2-4,9H2,1H3,(H,10,12)/t5?,6-,7-/m0/s1. The molecule has 1 fully saturated rings. The lowest BCUT2D eigenvalue weighted by Gasteiger charge is -2.16. The molecule has 0 aliphatic carbocycles. The van der Waals surface area contributed by atoms with Crippen molar-refractivity contribution < 1.29 is 9.90 Å². The van der Waals surface area contributed by atoms with Crippen LogP contribution in [0.5, 0.6) is 0 Å². The average Bonchev–Trinajstić information content (AvgIpc) is 2.36. The first-order valence-corrected chi connectivity index (χ1v) is 4.32. The second kappa shape index (κ2) is 3.87. The van der Waals surface area contributed by atoms with E-state index in [1.165, 1.54) is 0 Å². The molecule has 1 saturated heterocycles.